The van der Waals surface area contributed by atoms with Gasteiger partial charge < -0.3 is 36.1 Å². The van der Waals surface area contributed by atoms with Gasteiger partial charge in [-0.1, -0.05) is 121 Å². The molecule has 8 rings (SSSR count). The summed E-state index contributed by atoms with van der Waals surface area (Å²) in [5, 5.41) is 5.37. The average Bonchev–Trinajstić information content (AvgIpc) is 3.97. The molecule has 4 saturated heterocycles. The Morgan fingerprint density at radius 3 is 0.574 bits per heavy atom. The predicted octanol–water partition coefficient (Wildman–Crippen LogP) is 7.97. The van der Waals surface area contributed by atoms with Gasteiger partial charge >= 0.3 is 37.7 Å². The first-order chi connectivity index (χ1) is 22.9. The molecule has 0 aliphatic carbocycles. The molecule has 0 unspecified atom stereocenters. The molecule has 4 fully saturated rings. The molecule has 248 valence electrons. The molecule has 0 amide bonds. The predicted molar refractivity (Wildman–Crippen MR) is 204 cm³/mol. The summed E-state index contributed by atoms with van der Waals surface area (Å²) in [6, 6.07) is 42.0. The van der Waals surface area contributed by atoms with E-state index in [1.54, 1.807) is 0 Å². The Morgan fingerprint density at radius 1 is 0.277 bits per heavy atom. The monoisotopic (exact) mass is 698 g/mol. The largest absolute Gasteiger partial charge is 2.00 e. The van der Waals surface area contributed by atoms with Gasteiger partial charge in [0.25, 0.3) is 0 Å². The summed E-state index contributed by atoms with van der Waals surface area (Å²) in [4.78, 5) is 0. The minimum Gasteiger partial charge on any atom is -0.472 e. The Hall–Kier alpha value is -1.16. The summed E-state index contributed by atoms with van der Waals surface area (Å²) in [5.41, 5.74) is 0. The Bertz CT molecular complexity index is 966. The van der Waals surface area contributed by atoms with Gasteiger partial charge in [-0.2, -0.15) is 0 Å². The van der Waals surface area contributed by atoms with Gasteiger partial charge in [0.05, 0.1) is 0 Å². The molecule has 4 nitrogen and oxygen atoms in total. The molecule has 4 aliphatic heterocycles. The summed E-state index contributed by atoms with van der Waals surface area (Å²) in [6.45, 7) is 8.00. The number of hydrogen-bond donors (Lipinski definition) is 0. The van der Waals surface area contributed by atoms with E-state index in [1.165, 1.54) is 89.7 Å². The molecule has 4 aromatic carbocycles. The summed E-state index contributed by atoms with van der Waals surface area (Å²) in [7, 11) is 2.56. The van der Waals surface area contributed by atoms with Crippen LogP contribution in [0.15, 0.2) is 121 Å². The Labute approximate surface area is 318 Å². The Kier molecular flexibility index (Phi) is 27.6. The van der Waals surface area contributed by atoms with Crippen LogP contribution in [0.3, 0.4) is 0 Å². The normalized spacial score (nSPS) is 15.7. The maximum absolute atomic E-state index is 4.94. The van der Waals surface area contributed by atoms with E-state index < -0.39 is 0 Å². The van der Waals surface area contributed by atoms with Crippen molar-refractivity contribution in [1.29, 1.82) is 0 Å². The van der Waals surface area contributed by atoms with Crippen LogP contribution in [-0.4, -0.2) is 90.6 Å². The zero-order valence-electron chi connectivity index (χ0n) is 28.1. The number of rotatable bonds is 4. The van der Waals surface area contributed by atoms with E-state index in [0.29, 0.717) is 0 Å². The van der Waals surface area contributed by atoms with Gasteiger partial charge in [0.2, 0.25) is 0 Å². The van der Waals surface area contributed by atoms with Gasteiger partial charge in [0.15, 0.2) is 0 Å². The maximum atomic E-state index is 4.94. The second kappa shape index (κ2) is 30.9. The maximum Gasteiger partial charge on any atom is 2.00 e. The quantitative estimate of drug-likeness (QED) is 0.160. The fraction of sp³-hybridized carbons (Fsp3) is 0.400. The van der Waals surface area contributed by atoms with E-state index in [1.807, 2.05) is 24.3 Å². The van der Waals surface area contributed by atoms with Crippen molar-refractivity contribution in [3.05, 3.63) is 121 Å². The van der Waals surface area contributed by atoms with E-state index in [-0.39, 0.29) is 37.7 Å². The first-order valence-corrected chi connectivity index (χ1v) is 18.6. The van der Waals surface area contributed by atoms with Gasteiger partial charge in [-0.15, -0.1) is 0 Å². The molecule has 0 radical (unpaired) electrons. The standard InChI is InChI=1S/2C12H10P.4C4H8O.Ca/c2*1-3-7-11(8-4-1)13-12-9-5-2-6-10-12;4*1-2-4-5-3-1;/h2*1-10H;4*1-4H2;/q2*-1;;;;;+2. The van der Waals surface area contributed by atoms with Gasteiger partial charge in [-0.3, -0.25) is 0 Å². The van der Waals surface area contributed by atoms with Crippen LogP contribution in [0, 0.1) is 0 Å². The number of benzene rings is 4. The SMILES string of the molecule is C1CCOC1.C1CCOC1.C1CCOC1.C1CCOC1.[Ca+2].c1ccc([P-]c2ccccc2)cc1.c1ccc([P-]c2ccccc2)cc1. The number of hydrogen-bond acceptors (Lipinski definition) is 4. The smallest absolute Gasteiger partial charge is 0.472 e. The van der Waals surface area contributed by atoms with Crippen LogP contribution in [0.2, 0.25) is 0 Å². The van der Waals surface area contributed by atoms with E-state index in [2.05, 4.69) is 97.1 Å². The minimum absolute atomic E-state index is 0. The summed E-state index contributed by atoms with van der Waals surface area (Å²) in [5.74, 6) is 0. The van der Waals surface area contributed by atoms with Crippen molar-refractivity contribution in [2.24, 2.45) is 0 Å². The van der Waals surface area contributed by atoms with Crippen LogP contribution >= 0.6 is 17.2 Å². The fourth-order valence-electron chi connectivity index (χ4n) is 4.35. The van der Waals surface area contributed by atoms with Crippen molar-refractivity contribution >= 4 is 76.1 Å². The molecule has 4 aromatic rings. The third kappa shape index (κ3) is 23.8. The van der Waals surface area contributed by atoms with E-state index in [9.17, 15) is 0 Å². The van der Waals surface area contributed by atoms with Crippen LogP contribution in [0.4, 0.5) is 0 Å². The van der Waals surface area contributed by atoms with E-state index >= 15 is 0 Å². The van der Waals surface area contributed by atoms with Crippen molar-refractivity contribution in [2.75, 3.05) is 52.9 Å². The Morgan fingerprint density at radius 2 is 0.447 bits per heavy atom. The van der Waals surface area contributed by atoms with Gasteiger partial charge in [-0.25, -0.2) is 21.2 Å². The van der Waals surface area contributed by atoms with Crippen LogP contribution in [0.25, 0.3) is 0 Å². The molecule has 4 heterocycles. The first kappa shape index (κ1) is 42.0. The zero-order valence-corrected chi connectivity index (χ0v) is 32.1. The van der Waals surface area contributed by atoms with Gasteiger partial charge in [0.1, 0.15) is 0 Å². The molecule has 0 atom stereocenters. The summed E-state index contributed by atoms with van der Waals surface area (Å²) in [6.07, 6.45) is 10.2. The summed E-state index contributed by atoms with van der Waals surface area (Å²) >= 11 is 0. The van der Waals surface area contributed by atoms with Crippen LogP contribution in [-0.2, 0) is 18.9 Å². The molecule has 47 heavy (non-hydrogen) atoms. The van der Waals surface area contributed by atoms with Gasteiger partial charge in [0, 0.05) is 52.9 Å². The molecule has 0 N–H and O–H groups in total. The van der Waals surface area contributed by atoms with Gasteiger partial charge in [-0.05, 0) is 51.4 Å². The minimum atomic E-state index is 0. The fourth-order valence-corrected chi connectivity index (χ4v) is 6.23. The second-order valence-corrected chi connectivity index (χ2v) is 13.4. The van der Waals surface area contributed by atoms with Crippen LogP contribution in [0.1, 0.15) is 51.4 Å². The van der Waals surface area contributed by atoms with Crippen molar-refractivity contribution in [1.82, 2.24) is 0 Å². The van der Waals surface area contributed by atoms with Crippen molar-refractivity contribution in [2.45, 2.75) is 51.4 Å². The van der Waals surface area contributed by atoms with E-state index in [0.717, 1.165) is 52.9 Å². The topological polar surface area (TPSA) is 36.9 Å². The zero-order chi connectivity index (χ0) is 32.0. The van der Waals surface area contributed by atoms with Crippen LogP contribution < -0.4 is 21.2 Å². The first-order valence-electron chi connectivity index (χ1n) is 16.8. The molecule has 0 aromatic heterocycles. The Balaban J connectivity index is 0.000000208. The average molecular weight is 699 g/mol. The van der Waals surface area contributed by atoms with Crippen LogP contribution in [0.5, 0.6) is 0 Å². The second-order valence-electron chi connectivity index (χ2n) is 10.8. The van der Waals surface area contributed by atoms with Crippen molar-refractivity contribution < 1.29 is 18.9 Å². The molecule has 0 bridgehead atoms. The molecule has 0 saturated carbocycles. The third-order valence-corrected chi connectivity index (χ3v) is 9.08. The van der Waals surface area contributed by atoms with E-state index in [4.69, 9.17) is 18.9 Å². The molecule has 4 aliphatic rings. The molecular formula is C40H52CaO4P2. The molecule has 7 heteroatoms. The van der Waals surface area contributed by atoms with Crippen molar-refractivity contribution in [3.63, 3.8) is 0 Å². The molecular weight excluding hydrogens is 646 g/mol. The number of ether oxygens (including phenoxy) is 4. The molecule has 0 spiro atoms. The van der Waals surface area contributed by atoms with Crippen molar-refractivity contribution in [3.8, 4) is 0 Å². The summed E-state index contributed by atoms with van der Waals surface area (Å²) < 4.78 is 19.8. The third-order valence-electron chi connectivity index (χ3n) is 6.85.